The van der Waals surface area contributed by atoms with Crippen LogP contribution >= 0.6 is 0 Å². The van der Waals surface area contributed by atoms with Crippen LogP contribution < -0.4 is 15.8 Å². The molecule has 0 aliphatic carbocycles. The minimum atomic E-state index is -0.238. The minimum Gasteiger partial charge on any atom is -0.496 e. The van der Waals surface area contributed by atoms with E-state index in [4.69, 9.17) is 10.5 Å². The van der Waals surface area contributed by atoms with Gasteiger partial charge in [-0.05, 0) is 56.6 Å². The second-order valence-corrected chi connectivity index (χ2v) is 5.69. The van der Waals surface area contributed by atoms with E-state index in [-0.39, 0.29) is 17.7 Å². The highest BCUT2D eigenvalue weighted by atomic mass is 16.5. The number of amides is 2. The molecule has 1 aromatic rings. The number of anilines is 1. The Hall–Kier alpha value is -2.08. The van der Waals surface area contributed by atoms with Crippen LogP contribution in [0, 0.1) is 12.8 Å². The van der Waals surface area contributed by atoms with E-state index >= 15 is 0 Å². The quantitative estimate of drug-likeness (QED) is 0.854. The fraction of sp³-hybridized carbons (Fsp3) is 0.500. The molecule has 1 aromatic carbocycles. The lowest BCUT2D eigenvalue weighted by atomic mass is 9.96. The van der Waals surface area contributed by atoms with Crippen molar-refractivity contribution in [3.05, 3.63) is 23.8 Å². The summed E-state index contributed by atoms with van der Waals surface area (Å²) < 4.78 is 5.20. The van der Waals surface area contributed by atoms with Gasteiger partial charge >= 0.3 is 0 Å². The van der Waals surface area contributed by atoms with Gasteiger partial charge in [0, 0.05) is 11.6 Å². The van der Waals surface area contributed by atoms with Crippen molar-refractivity contribution in [1.29, 1.82) is 0 Å². The van der Waals surface area contributed by atoms with E-state index in [1.165, 1.54) is 0 Å². The lowest BCUT2D eigenvalue weighted by Gasteiger charge is -2.29. The Kier molecular flexibility index (Phi) is 5.38. The van der Waals surface area contributed by atoms with Gasteiger partial charge in [0.15, 0.2) is 0 Å². The molecule has 0 spiro atoms. The van der Waals surface area contributed by atoms with Gasteiger partial charge in [-0.2, -0.15) is 0 Å². The molecule has 0 atom stereocenters. The van der Waals surface area contributed by atoms with Crippen molar-refractivity contribution < 1.29 is 14.3 Å². The Labute approximate surface area is 130 Å². The third-order valence-electron chi connectivity index (χ3n) is 4.04. The first-order valence-electron chi connectivity index (χ1n) is 7.45. The maximum Gasteiger partial charge on any atom is 0.238 e. The summed E-state index contributed by atoms with van der Waals surface area (Å²) in [6, 6.07) is 5.54. The molecule has 6 nitrogen and oxygen atoms in total. The number of primary amides is 1. The van der Waals surface area contributed by atoms with Crippen LogP contribution in [-0.2, 0) is 9.59 Å². The van der Waals surface area contributed by atoms with Crippen LogP contribution in [0.1, 0.15) is 18.4 Å². The molecule has 0 saturated carbocycles. The molecule has 0 radical (unpaired) electrons. The molecule has 0 unspecified atom stereocenters. The van der Waals surface area contributed by atoms with Crippen LogP contribution in [0.2, 0.25) is 0 Å². The maximum absolute atomic E-state index is 12.1. The van der Waals surface area contributed by atoms with Crippen LogP contribution in [0.25, 0.3) is 0 Å². The van der Waals surface area contributed by atoms with Gasteiger partial charge in [-0.25, -0.2) is 0 Å². The van der Waals surface area contributed by atoms with E-state index < -0.39 is 0 Å². The number of hydrogen-bond acceptors (Lipinski definition) is 4. The average molecular weight is 305 g/mol. The number of hydrogen-bond donors (Lipinski definition) is 2. The molecule has 1 aliphatic rings. The van der Waals surface area contributed by atoms with E-state index in [9.17, 15) is 9.59 Å². The molecule has 1 heterocycles. The fourth-order valence-electron chi connectivity index (χ4n) is 2.74. The largest absolute Gasteiger partial charge is 0.496 e. The molecule has 1 saturated heterocycles. The molecule has 120 valence electrons. The maximum atomic E-state index is 12.1. The zero-order valence-electron chi connectivity index (χ0n) is 13.1. The predicted molar refractivity (Wildman–Crippen MR) is 84.7 cm³/mol. The highest BCUT2D eigenvalue weighted by Crippen LogP contribution is 2.21. The van der Waals surface area contributed by atoms with Crippen molar-refractivity contribution in [3.8, 4) is 5.75 Å². The van der Waals surface area contributed by atoms with E-state index in [1.54, 1.807) is 7.11 Å². The summed E-state index contributed by atoms with van der Waals surface area (Å²) in [4.78, 5) is 25.3. The Balaban J connectivity index is 1.83. The number of nitrogens with one attached hydrogen (secondary N) is 1. The molecule has 1 aliphatic heterocycles. The van der Waals surface area contributed by atoms with Gasteiger partial charge in [0.1, 0.15) is 5.75 Å². The van der Waals surface area contributed by atoms with Gasteiger partial charge in [0.05, 0.1) is 13.7 Å². The minimum absolute atomic E-state index is 0.0523. The molecule has 3 N–H and O–H groups in total. The standard InChI is InChI=1S/C16H23N3O3/c1-11-9-13(3-4-14(11)22-2)18-15(20)10-19-7-5-12(6-8-19)16(17)21/h3-4,9,12H,5-8,10H2,1-2H3,(H2,17,21)(H,18,20). The number of methoxy groups -OCH3 is 1. The summed E-state index contributed by atoms with van der Waals surface area (Å²) in [5.74, 6) is 0.454. The number of aryl methyl sites for hydroxylation is 1. The number of likely N-dealkylation sites (tertiary alicyclic amines) is 1. The average Bonchev–Trinajstić information content (AvgIpc) is 2.48. The van der Waals surface area contributed by atoms with Crippen molar-refractivity contribution in [1.82, 2.24) is 4.90 Å². The number of benzene rings is 1. The van der Waals surface area contributed by atoms with E-state index in [0.717, 1.165) is 42.9 Å². The normalized spacial score (nSPS) is 16.3. The summed E-state index contributed by atoms with van der Waals surface area (Å²) in [6.07, 6.45) is 1.45. The van der Waals surface area contributed by atoms with Crippen LogP contribution in [0.3, 0.4) is 0 Å². The van der Waals surface area contributed by atoms with E-state index in [0.29, 0.717) is 6.54 Å². The number of rotatable bonds is 5. The first kappa shape index (κ1) is 16.3. The zero-order valence-corrected chi connectivity index (χ0v) is 13.1. The van der Waals surface area contributed by atoms with Gasteiger partial charge < -0.3 is 15.8 Å². The summed E-state index contributed by atoms with van der Waals surface area (Å²) >= 11 is 0. The third kappa shape index (κ3) is 4.21. The lowest BCUT2D eigenvalue weighted by molar-refractivity contribution is -0.123. The van der Waals surface area contributed by atoms with E-state index in [1.807, 2.05) is 30.0 Å². The molecule has 6 heteroatoms. The molecule has 0 bridgehead atoms. The van der Waals surface area contributed by atoms with Crippen molar-refractivity contribution in [2.45, 2.75) is 19.8 Å². The van der Waals surface area contributed by atoms with Crippen LogP contribution in [0.5, 0.6) is 5.75 Å². The zero-order chi connectivity index (χ0) is 16.1. The SMILES string of the molecule is COc1ccc(NC(=O)CN2CCC(C(N)=O)CC2)cc1C. The number of ether oxygens (including phenoxy) is 1. The van der Waals surface area contributed by atoms with Crippen molar-refractivity contribution in [3.63, 3.8) is 0 Å². The Morgan fingerprint density at radius 2 is 2.05 bits per heavy atom. The van der Waals surface area contributed by atoms with Crippen molar-refractivity contribution in [2.24, 2.45) is 11.7 Å². The highest BCUT2D eigenvalue weighted by Gasteiger charge is 2.24. The highest BCUT2D eigenvalue weighted by molar-refractivity contribution is 5.92. The Morgan fingerprint density at radius 3 is 2.59 bits per heavy atom. The van der Waals surface area contributed by atoms with Crippen molar-refractivity contribution >= 4 is 17.5 Å². The molecule has 0 aromatic heterocycles. The molecular formula is C16H23N3O3. The number of nitrogens with zero attached hydrogens (tertiary/aromatic N) is 1. The third-order valence-corrected chi connectivity index (χ3v) is 4.04. The van der Waals surface area contributed by atoms with Gasteiger partial charge in [0.2, 0.25) is 11.8 Å². The van der Waals surface area contributed by atoms with Gasteiger partial charge in [-0.3, -0.25) is 14.5 Å². The fourth-order valence-corrected chi connectivity index (χ4v) is 2.74. The van der Waals surface area contributed by atoms with Crippen LogP contribution in [0.4, 0.5) is 5.69 Å². The predicted octanol–water partition coefficient (Wildman–Crippen LogP) is 1.14. The monoisotopic (exact) mass is 305 g/mol. The number of carbonyl (C=O) groups excluding carboxylic acids is 2. The lowest BCUT2D eigenvalue weighted by Crippen LogP contribution is -2.42. The molecular weight excluding hydrogens is 282 g/mol. The van der Waals surface area contributed by atoms with E-state index in [2.05, 4.69) is 5.32 Å². The number of piperidine rings is 1. The number of carbonyl (C=O) groups is 2. The Morgan fingerprint density at radius 1 is 1.36 bits per heavy atom. The topological polar surface area (TPSA) is 84.7 Å². The molecule has 22 heavy (non-hydrogen) atoms. The Bertz CT molecular complexity index is 552. The van der Waals surface area contributed by atoms with Gasteiger partial charge in [-0.1, -0.05) is 0 Å². The smallest absolute Gasteiger partial charge is 0.238 e. The summed E-state index contributed by atoms with van der Waals surface area (Å²) in [5, 5.41) is 2.89. The van der Waals surface area contributed by atoms with Crippen molar-refractivity contribution in [2.75, 3.05) is 32.1 Å². The molecule has 2 rings (SSSR count). The van der Waals surface area contributed by atoms with Gasteiger partial charge in [-0.15, -0.1) is 0 Å². The first-order chi connectivity index (χ1) is 10.5. The van der Waals surface area contributed by atoms with Gasteiger partial charge in [0.25, 0.3) is 0 Å². The second-order valence-electron chi connectivity index (χ2n) is 5.69. The van der Waals surface area contributed by atoms with Crippen LogP contribution in [-0.4, -0.2) is 43.5 Å². The van der Waals surface area contributed by atoms with Crippen LogP contribution in [0.15, 0.2) is 18.2 Å². The molecule has 2 amide bonds. The number of nitrogens with two attached hydrogens (primary N) is 1. The first-order valence-corrected chi connectivity index (χ1v) is 7.45. The summed E-state index contributed by atoms with van der Waals surface area (Å²) in [5.41, 5.74) is 7.04. The summed E-state index contributed by atoms with van der Waals surface area (Å²) in [7, 11) is 1.62. The summed E-state index contributed by atoms with van der Waals surface area (Å²) in [6.45, 7) is 3.71. The second kappa shape index (κ2) is 7.26. The molecule has 1 fully saturated rings.